The molecule has 3 fully saturated rings. The molecule has 1 heteroatoms. The SMILES string of the molecule is CO[C@H]1CCC2(C)C(=CC[C@@H]3[C@@H]2CCC2(C)C([C@H](C)CCCC(C)C)CC[C@@H]32)C1. The maximum atomic E-state index is 5.75. The van der Waals surface area contributed by atoms with Crippen LogP contribution in [0.1, 0.15) is 105 Å². The third kappa shape index (κ3) is 3.77. The van der Waals surface area contributed by atoms with Crippen LogP contribution in [0.2, 0.25) is 0 Å². The molecule has 0 radical (unpaired) electrons. The van der Waals surface area contributed by atoms with Gasteiger partial charge in [-0.15, -0.1) is 0 Å². The molecule has 166 valence electrons. The summed E-state index contributed by atoms with van der Waals surface area (Å²) in [6.07, 6.45) is 18.7. The van der Waals surface area contributed by atoms with E-state index < -0.39 is 0 Å². The molecule has 0 aromatic heterocycles. The molecule has 29 heavy (non-hydrogen) atoms. The highest BCUT2D eigenvalue weighted by Crippen LogP contribution is 2.67. The lowest BCUT2D eigenvalue weighted by atomic mass is 9.47. The molecule has 0 bridgehead atoms. The lowest BCUT2D eigenvalue weighted by molar-refractivity contribution is -0.0601. The molecule has 0 aliphatic heterocycles. The van der Waals surface area contributed by atoms with Gasteiger partial charge >= 0.3 is 0 Å². The minimum Gasteiger partial charge on any atom is -0.381 e. The van der Waals surface area contributed by atoms with Gasteiger partial charge in [-0.25, -0.2) is 0 Å². The Labute approximate surface area is 181 Å². The summed E-state index contributed by atoms with van der Waals surface area (Å²) >= 11 is 0. The van der Waals surface area contributed by atoms with Crippen LogP contribution < -0.4 is 0 Å². The van der Waals surface area contributed by atoms with Gasteiger partial charge in [-0.3, -0.25) is 0 Å². The Morgan fingerprint density at radius 1 is 1.00 bits per heavy atom. The zero-order valence-electron chi connectivity index (χ0n) is 20.3. The van der Waals surface area contributed by atoms with Gasteiger partial charge in [0.15, 0.2) is 0 Å². The van der Waals surface area contributed by atoms with Crippen LogP contribution in [0.25, 0.3) is 0 Å². The Hall–Kier alpha value is -0.300. The standard InChI is InChI=1S/C28H48O/c1-19(2)8-7-9-20(3)24-12-13-25-23-11-10-21-18-22(29-6)14-16-27(21,4)26(23)15-17-28(24,25)5/h10,19-20,22-26H,7-9,11-18H2,1-6H3/t20-,22+,23+,24?,25+,26+,27?,28?/m1/s1. The molecular weight excluding hydrogens is 352 g/mol. The molecular formula is C28H48O. The van der Waals surface area contributed by atoms with E-state index in [9.17, 15) is 0 Å². The highest BCUT2D eigenvalue weighted by molar-refractivity contribution is 5.25. The molecule has 8 atom stereocenters. The van der Waals surface area contributed by atoms with Crippen molar-refractivity contribution in [3.63, 3.8) is 0 Å². The number of rotatable bonds is 6. The number of hydrogen-bond acceptors (Lipinski definition) is 1. The molecule has 4 rings (SSSR count). The van der Waals surface area contributed by atoms with Gasteiger partial charge in [0.1, 0.15) is 0 Å². The first-order chi connectivity index (χ1) is 13.8. The van der Waals surface area contributed by atoms with Crippen molar-refractivity contribution in [1.82, 2.24) is 0 Å². The Bertz CT molecular complexity index is 605. The van der Waals surface area contributed by atoms with E-state index in [4.69, 9.17) is 4.74 Å². The van der Waals surface area contributed by atoms with Crippen molar-refractivity contribution < 1.29 is 4.74 Å². The summed E-state index contributed by atoms with van der Waals surface area (Å²) in [5.41, 5.74) is 2.85. The van der Waals surface area contributed by atoms with E-state index in [0.717, 1.165) is 35.5 Å². The van der Waals surface area contributed by atoms with E-state index >= 15 is 0 Å². The summed E-state index contributed by atoms with van der Waals surface area (Å²) in [5, 5.41) is 0. The Morgan fingerprint density at radius 3 is 2.52 bits per heavy atom. The van der Waals surface area contributed by atoms with E-state index in [0.29, 0.717) is 16.9 Å². The van der Waals surface area contributed by atoms with Crippen LogP contribution in [0.3, 0.4) is 0 Å². The fourth-order valence-corrected chi connectivity index (χ4v) is 8.85. The first kappa shape index (κ1) is 21.9. The van der Waals surface area contributed by atoms with Crippen molar-refractivity contribution in [3.05, 3.63) is 11.6 Å². The summed E-state index contributed by atoms with van der Waals surface area (Å²) in [6, 6.07) is 0. The van der Waals surface area contributed by atoms with Crippen LogP contribution in [0.5, 0.6) is 0 Å². The third-order valence-electron chi connectivity index (χ3n) is 10.6. The third-order valence-corrected chi connectivity index (χ3v) is 10.6. The fraction of sp³-hybridized carbons (Fsp3) is 0.929. The van der Waals surface area contributed by atoms with Crippen molar-refractivity contribution in [2.45, 2.75) is 111 Å². The zero-order chi connectivity index (χ0) is 20.8. The fourth-order valence-electron chi connectivity index (χ4n) is 8.85. The molecule has 0 aromatic carbocycles. The van der Waals surface area contributed by atoms with Gasteiger partial charge in [-0.2, -0.15) is 0 Å². The number of ether oxygens (including phenoxy) is 1. The summed E-state index contributed by atoms with van der Waals surface area (Å²) in [5.74, 6) is 5.63. The number of hydrogen-bond donors (Lipinski definition) is 0. The molecule has 3 saturated carbocycles. The second kappa shape index (κ2) is 8.33. The lowest BCUT2D eigenvalue weighted by Gasteiger charge is -2.58. The molecule has 0 heterocycles. The zero-order valence-corrected chi connectivity index (χ0v) is 20.3. The average Bonchev–Trinajstić information content (AvgIpc) is 3.04. The van der Waals surface area contributed by atoms with E-state index in [2.05, 4.69) is 40.7 Å². The van der Waals surface area contributed by atoms with Gasteiger partial charge in [0.05, 0.1) is 6.10 Å². The minimum atomic E-state index is 0.472. The smallest absolute Gasteiger partial charge is 0.0608 e. The topological polar surface area (TPSA) is 9.23 Å². The summed E-state index contributed by atoms with van der Waals surface area (Å²) < 4.78 is 5.75. The highest BCUT2D eigenvalue weighted by atomic mass is 16.5. The Kier molecular flexibility index (Phi) is 6.29. The van der Waals surface area contributed by atoms with E-state index in [1.54, 1.807) is 5.57 Å². The van der Waals surface area contributed by atoms with E-state index in [1.165, 1.54) is 70.6 Å². The van der Waals surface area contributed by atoms with Crippen molar-refractivity contribution >= 4 is 0 Å². The summed E-state index contributed by atoms with van der Waals surface area (Å²) in [6.45, 7) is 12.7. The lowest BCUT2D eigenvalue weighted by Crippen LogP contribution is -2.50. The van der Waals surface area contributed by atoms with Crippen molar-refractivity contribution in [2.24, 2.45) is 46.3 Å². The van der Waals surface area contributed by atoms with Gasteiger partial charge in [0, 0.05) is 7.11 Å². The summed E-state index contributed by atoms with van der Waals surface area (Å²) in [7, 11) is 1.91. The average molecular weight is 401 g/mol. The summed E-state index contributed by atoms with van der Waals surface area (Å²) in [4.78, 5) is 0. The first-order valence-electron chi connectivity index (χ1n) is 13.0. The second-order valence-electron chi connectivity index (χ2n) is 12.4. The van der Waals surface area contributed by atoms with E-state index in [-0.39, 0.29) is 0 Å². The molecule has 4 aliphatic carbocycles. The predicted molar refractivity (Wildman–Crippen MR) is 124 cm³/mol. The number of fused-ring (bicyclic) bond motifs is 5. The molecule has 0 spiro atoms. The molecule has 3 unspecified atom stereocenters. The molecule has 1 nitrogen and oxygen atoms in total. The molecule has 4 aliphatic rings. The van der Waals surface area contributed by atoms with Crippen molar-refractivity contribution in [1.29, 1.82) is 0 Å². The monoisotopic (exact) mass is 400 g/mol. The Morgan fingerprint density at radius 2 is 1.79 bits per heavy atom. The second-order valence-corrected chi connectivity index (χ2v) is 12.4. The van der Waals surface area contributed by atoms with Crippen LogP contribution in [0, 0.1) is 46.3 Å². The first-order valence-corrected chi connectivity index (χ1v) is 13.0. The van der Waals surface area contributed by atoms with Gasteiger partial charge in [-0.1, -0.05) is 65.5 Å². The number of methoxy groups -OCH3 is 1. The minimum absolute atomic E-state index is 0.472. The van der Waals surface area contributed by atoms with Crippen LogP contribution in [0.4, 0.5) is 0 Å². The molecule has 0 saturated heterocycles. The van der Waals surface area contributed by atoms with Gasteiger partial charge in [-0.05, 0) is 97.7 Å². The maximum absolute atomic E-state index is 5.75. The molecule has 0 aromatic rings. The Balaban J connectivity index is 1.48. The van der Waals surface area contributed by atoms with Crippen LogP contribution >= 0.6 is 0 Å². The molecule has 0 N–H and O–H groups in total. The van der Waals surface area contributed by atoms with Crippen LogP contribution in [-0.2, 0) is 4.74 Å². The largest absolute Gasteiger partial charge is 0.381 e. The van der Waals surface area contributed by atoms with E-state index in [1.807, 2.05) is 7.11 Å². The van der Waals surface area contributed by atoms with Gasteiger partial charge in [0.25, 0.3) is 0 Å². The van der Waals surface area contributed by atoms with Gasteiger partial charge in [0.2, 0.25) is 0 Å². The normalized spacial score (nSPS) is 45.3. The highest BCUT2D eigenvalue weighted by Gasteiger charge is 2.59. The maximum Gasteiger partial charge on any atom is 0.0608 e. The van der Waals surface area contributed by atoms with Crippen molar-refractivity contribution in [2.75, 3.05) is 7.11 Å². The van der Waals surface area contributed by atoms with Crippen molar-refractivity contribution in [3.8, 4) is 0 Å². The number of allylic oxidation sites excluding steroid dienone is 1. The van der Waals surface area contributed by atoms with Crippen LogP contribution in [0.15, 0.2) is 11.6 Å². The quantitative estimate of drug-likeness (QED) is 0.410. The van der Waals surface area contributed by atoms with Gasteiger partial charge < -0.3 is 4.74 Å². The van der Waals surface area contributed by atoms with Crippen LogP contribution in [-0.4, -0.2) is 13.2 Å². The molecule has 0 amide bonds. The predicted octanol–water partition coefficient (Wildman–Crippen LogP) is 8.04.